The van der Waals surface area contributed by atoms with Gasteiger partial charge >= 0.3 is 0 Å². The second-order valence-electron chi connectivity index (χ2n) is 11.3. The van der Waals surface area contributed by atoms with Crippen LogP contribution in [0.1, 0.15) is 66.9 Å². The quantitative estimate of drug-likeness (QED) is 0.406. The topological polar surface area (TPSA) is 88.5 Å². The lowest BCUT2D eigenvalue weighted by atomic mass is 10.0. The molecule has 1 aromatic heterocycles. The summed E-state index contributed by atoms with van der Waals surface area (Å²) in [5.41, 5.74) is 2.57. The lowest BCUT2D eigenvalue weighted by molar-refractivity contribution is 0.0951. The maximum Gasteiger partial charge on any atom is 0.297 e. The van der Waals surface area contributed by atoms with Crippen LogP contribution in [0.25, 0.3) is 5.69 Å². The number of nitrogens with zero attached hydrogens (tertiary/aromatic N) is 3. The van der Waals surface area contributed by atoms with E-state index in [1.54, 1.807) is 23.0 Å². The highest BCUT2D eigenvalue weighted by molar-refractivity contribution is 5.95. The minimum Gasteiger partial charge on any atom is -0.492 e. The third-order valence-corrected chi connectivity index (χ3v) is 8.32. The van der Waals surface area contributed by atoms with Gasteiger partial charge in [0.25, 0.3) is 11.5 Å². The van der Waals surface area contributed by atoms with E-state index in [1.807, 2.05) is 37.3 Å². The summed E-state index contributed by atoms with van der Waals surface area (Å²) in [5.74, 6) is 1.05. The molecule has 39 heavy (non-hydrogen) atoms. The molecule has 1 amide bonds. The predicted octanol–water partition coefficient (Wildman–Crippen LogP) is 4.40. The van der Waals surface area contributed by atoms with Gasteiger partial charge in [-0.25, -0.2) is 4.98 Å². The van der Waals surface area contributed by atoms with Crippen molar-refractivity contribution in [3.05, 3.63) is 81.9 Å². The lowest BCUT2D eigenvalue weighted by Gasteiger charge is -2.24. The van der Waals surface area contributed by atoms with Crippen molar-refractivity contribution in [2.24, 2.45) is 0 Å². The van der Waals surface area contributed by atoms with Gasteiger partial charge in [-0.3, -0.25) is 19.1 Å². The third kappa shape index (κ3) is 5.43. The molecule has 6 rings (SSSR count). The van der Waals surface area contributed by atoms with E-state index in [0.29, 0.717) is 29.7 Å². The fourth-order valence-electron chi connectivity index (χ4n) is 5.59. The molecule has 204 valence electrons. The molecule has 0 bridgehead atoms. The summed E-state index contributed by atoms with van der Waals surface area (Å²) in [7, 11) is 0. The summed E-state index contributed by atoms with van der Waals surface area (Å²) >= 11 is 0. The zero-order valence-corrected chi connectivity index (χ0v) is 22.8. The molecule has 1 aliphatic heterocycles. The molecule has 2 aromatic carbocycles. The SMILES string of the molecule is Cc1ccc(C(=O)NC2CC2)cc1-n1ccnc(NC2(c3ccccc3OCCN3CCC[C@H]3C)CC2)c1=O. The standard InChI is InChI=1S/C31H37N5O3/c1-21-9-10-23(29(37)33-24-11-12-24)20-26(21)36-17-15-32-28(30(36)38)34-31(13-14-31)25-7-3-4-8-27(25)39-19-18-35-16-5-6-22(35)2/h3-4,7-10,15,17,20,22,24H,5-6,11-14,16,18-19H2,1-2H3,(H,32,34)(H,33,37)/t22-/m1/s1. The fourth-order valence-corrected chi connectivity index (χ4v) is 5.59. The van der Waals surface area contributed by atoms with Gasteiger partial charge in [-0.1, -0.05) is 24.3 Å². The summed E-state index contributed by atoms with van der Waals surface area (Å²) in [6.07, 6.45) is 9.63. The van der Waals surface area contributed by atoms with Crippen LogP contribution in [0.5, 0.6) is 5.75 Å². The van der Waals surface area contributed by atoms with Gasteiger partial charge in [0.15, 0.2) is 5.82 Å². The van der Waals surface area contributed by atoms with Gasteiger partial charge < -0.3 is 15.4 Å². The van der Waals surface area contributed by atoms with Crippen LogP contribution in [0.4, 0.5) is 5.82 Å². The first-order valence-electron chi connectivity index (χ1n) is 14.2. The van der Waals surface area contributed by atoms with Crippen LogP contribution in [0, 0.1) is 6.92 Å². The Bertz CT molecular complexity index is 1430. The van der Waals surface area contributed by atoms with Crippen molar-refractivity contribution < 1.29 is 9.53 Å². The molecule has 8 heteroatoms. The van der Waals surface area contributed by atoms with Gasteiger partial charge in [-0.05, 0) is 82.7 Å². The Labute approximate surface area is 229 Å². The third-order valence-electron chi connectivity index (χ3n) is 8.32. The second-order valence-corrected chi connectivity index (χ2v) is 11.3. The molecule has 2 aliphatic carbocycles. The Balaban J connectivity index is 1.22. The Kier molecular flexibility index (Phi) is 6.89. The first-order valence-corrected chi connectivity index (χ1v) is 14.2. The van der Waals surface area contributed by atoms with Crippen LogP contribution in [0.2, 0.25) is 0 Å². The van der Waals surface area contributed by atoms with Crippen molar-refractivity contribution in [2.75, 3.05) is 25.0 Å². The number of rotatable bonds is 10. The first-order chi connectivity index (χ1) is 18.9. The number of ether oxygens (including phenoxy) is 1. The summed E-state index contributed by atoms with van der Waals surface area (Å²) in [6.45, 7) is 6.91. The van der Waals surface area contributed by atoms with Crippen molar-refractivity contribution in [2.45, 2.75) is 70.0 Å². The number of carbonyl (C=O) groups is 1. The molecule has 0 spiro atoms. The normalized spacial score (nSPS) is 20.0. The number of carbonyl (C=O) groups excluding carboxylic acids is 1. The van der Waals surface area contributed by atoms with Crippen molar-refractivity contribution in [3.8, 4) is 11.4 Å². The van der Waals surface area contributed by atoms with E-state index in [2.05, 4.69) is 33.5 Å². The summed E-state index contributed by atoms with van der Waals surface area (Å²) in [5, 5.41) is 6.50. The maximum absolute atomic E-state index is 13.7. The molecule has 3 aliphatic rings. The summed E-state index contributed by atoms with van der Waals surface area (Å²) in [6, 6.07) is 14.5. The molecule has 3 aromatic rings. The molecule has 3 fully saturated rings. The Morgan fingerprint density at radius 3 is 2.72 bits per heavy atom. The maximum atomic E-state index is 13.7. The van der Waals surface area contributed by atoms with E-state index >= 15 is 0 Å². The highest BCUT2D eigenvalue weighted by Gasteiger charge is 2.47. The van der Waals surface area contributed by atoms with E-state index in [-0.39, 0.29) is 23.0 Å². The van der Waals surface area contributed by atoms with E-state index < -0.39 is 0 Å². The highest BCUT2D eigenvalue weighted by Crippen LogP contribution is 2.50. The number of para-hydroxylation sites is 1. The van der Waals surface area contributed by atoms with Crippen LogP contribution in [0.15, 0.2) is 59.7 Å². The summed E-state index contributed by atoms with van der Waals surface area (Å²) < 4.78 is 7.87. The number of aryl methyl sites for hydroxylation is 1. The average Bonchev–Trinajstić information content (AvgIpc) is 3.87. The zero-order chi connectivity index (χ0) is 27.0. The zero-order valence-electron chi connectivity index (χ0n) is 22.8. The van der Waals surface area contributed by atoms with Gasteiger partial charge in [0.2, 0.25) is 0 Å². The number of amides is 1. The molecule has 8 nitrogen and oxygen atoms in total. The van der Waals surface area contributed by atoms with Crippen molar-refractivity contribution >= 4 is 11.7 Å². The van der Waals surface area contributed by atoms with E-state index in [9.17, 15) is 9.59 Å². The largest absolute Gasteiger partial charge is 0.492 e. The smallest absolute Gasteiger partial charge is 0.297 e. The van der Waals surface area contributed by atoms with E-state index in [0.717, 1.165) is 55.6 Å². The molecule has 2 heterocycles. The van der Waals surface area contributed by atoms with E-state index in [4.69, 9.17) is 4.74 Å². The van der Waals surface area contributed by atoms with Crippen LogP contribution >= 0.6 is 0 Å². The number of hydrogen-bond acceptors (Lipinski definition) is 6. The highest BCUT2D eigenvalue weighted by atomic mass is 16.5. The fraction of sp³-hybridized carbons (Fsp3) is 0.452. The molecule has 0 radical (unpaired) electrons. The van der Waals surface area contributed by atoms with Crippen LogP contribution in [-0.4, -0.2) is 52.1 Å². The number of hydrogen-bond donors (Lipinski definition) is 2. The number of likely N-dealkylation sites (tertiary alicyclic amines) is 1. The lowest BCUT2D eigenvalue weighted by Crippen LogP contribution is -2.32. The van der Waals surface area contributed by atoms with Crippen LogP contribution in [-0.2, 0) is 5.54 Å². The molecule has 2 N–H and O–H groups in total. The number of benzene rings is 2. The second kappa shape index (κ2) is 10.5. The first kappa shape index (κ1) is 25.6. The Hall–Kier alpha value is -3.65. The van der Waals surface area contributed by atoms with Gasteiger partial charge in [-0.2, -0.15) is 0 Å². The minimum absolute atomic E-state index is 0.105. The molecule has 1 atom stereocenters. The number of anilines is 1. The van der Waals surface area contributed by atoms with Crippen molar-refractivity contribution in [1.82, 2.24) is 19.8 Å². The molecular formula is C31H37N5O3. The molecular weight excluding hydrogens is 490 g/mol. The monoisotopic (exact) mass is 527 g/mol. The van der Waals surface area contributed by atoms with Crippen molar-refractivity contribution in [1.29, 1.82) is 0 Å². The van der Waals surface area contributed by atoms with Crippen molar-refractivity contribution in [3.63, 3.8) is 0 Å². The summed E-state index contributed by atoms with van der Waals surface area (Å²) in [4.78, 5) is 33.2. The molecule has 1 saturated heterocycles. The van der Waals surface area contributed by atoms with Crippen LogP contribution < -0.4 is 20.9 Å². The number of aromatic nitrogens is 2. The number of nitrogens with one attached hydrogen (secondary N) is 2. The average molecular weight is 528 g/mol. The Morgan fingerprint density at radius 2 is 1.97 bits per heavy atom. The van der Waals surface area contributed by atoms with Gasteiger partial charge in [0.05, 0.1) is 11.2 Å². The van der Waals surface area contributed by atoms with Gasteiger partial charge in [-0.15, -0.1) is 0 Å². The molecule has 2 saturated carbocycles. The Morgan fingerprint density at radius 1 is 1.15 bits per heavy atom. The molecule has 0 unspecified atom stereocenters. The van der Waals surface area contributed by atoms with Crippen LogP contribution in [0.3, 0.4) is 0 Å². The van der Waals surface area contributed by atoms with Gasteiger partial charge in [0, 0.05) is 42.1 Å². The predicted molar refractivity (Wildman–Crippen MR) is 152 cm³/mol. The van der Waals surface area contributed by atoms with Gasteiger partial charge in [0.1, 0.15) is 12.4 Å². The minimum atomic E-state index is -0.385. The van der Waals surface area contributed by atoms with E-state index in [1.165, 1.54) is 12.8 Å².